The van der Waals surface area contributed by atoms with Crippen molar-refractivity contribution in [2.24, 2.45) is 0 Å². The molecule has 1 aliphatic rings. The molecule has 136 valence electrons. The molecule has 5 nitrogen and oxygen atoms in total. The van der Waals surface area contributed by atoms with Crippen LogP contribution in [0.4, 0.5) is 16.2 Å². The van der Waals surface area contributed by atoms with Crippen molar-refractivity contribution in [2.45, 2.75) is 30.4 Å². The highest BCUT2D eigenvalue weighted by Crippen LogP contribution is 2.39. The van der Waals surface area contributed by atoms with E-state index in [2.05, 4.69) is 18.3 Å². The fourth-order valence-electron chi connectivity index (χ4n) is 2.80. The SMILES string of the molecule is CCOC(=O)c1ccc(NC(=O)N2C[C@@H](CC)Sc3ccccc32)cc1. The summed E-state index contributed by atoms with van der Waals surface area (Å²) in [4.78, 5) is 27.5. The first-order valence-corrected chi connectivity index (χ1v) is 9.61. The van der Waals surface area contributed by atoms with Crippen LogP contribution in [0.5, 0.6) is 0 Å². The quantitative estimate of drug-likeness (QED) is 0.787. The minimum absolute atomic E-state index is 0.167. The highest BCUT2D eigenvalue weighted by atomic mass is 32.2. The molecule has 0 aliphatic carbocycles. The van der Waals surface area contributed by atoms with Gasteiger partial charge in [-0.15, -0.1) is 11.8 Å². The maximum atomic E-state index is 12.8. The van der Waals surface area contributed by atoms with Gasteiger partial charge in [0.05, 0.1) is 17.9 Å². The number of esters is 1. The van der Waals surface area contributed by atoms with Gasteiger partial charge in [0.15, 0.2) is 0 Å². The number of benzene rings is 2. The molecule has 26 heavy (non-hydrogen) atoms. The minimum atomic E-state index is -0.363. The Morgan fingerprint density at radius 2 is 1.88 bits per heavy atom. The van der Waals surface area contributed by atoms with Gasteiger partial charge >= 0.3 is 12.0 Å². The maximum absolute atomic E-state index is 12.8. The highest BCUT2D eigenvalue weighted by molar-refractivity contribution is 8.00. The molecule has 2 aromatic rings. The summed E-state index contributed by atoms with van der Waals surface area (Å²) in [7, 11) is 0. The van der Waals surface area contributed by atoms with Gasteiger partial charge in [0.2, 0.25) is 0 Å². The summed E-state index contributed by atoms with van der Waals surface area (Å²) >= 11 is 1.82. The zero-order valence-electron chi connectivity index (χ0n) is 14.9. The number of fused-ring (bicyclic) bond motifs is 1. The Bertz CT molecular complexity index is 792. The number of nitrogens with zero attached hydrogens (tertiary/aromatic N) is 1. The van der Waals surface area contributed by atoms with Crippen molar-refractivity contribution >= 4 is 35.1 Å². The van der Waals surface area contributed by atoms with Gasteiger partial charge in [-0.3, -0.25) is 4.90 Å². The molecule has 0 bridgehead atoms. The van der Waals surface area contributed by atoms with E-state index in [1.54, 1.807) is 36.1 Å². The van der Waals surface area contributed by atoms with E-state index in [0.717, 1.165) is 17.0 Å². The third-order valence-electron chi connectivity index (χ3n) is 4.18. The van der Waals surface area contributed by atoms with Gasteiger partial charge in [-0.25, -0.2) is 9.59 Å². The minimum Gasteiger partial charge on any atom is -0.462 e. The molecule has 3 rings (SSSR count). The van der Waals surface area contributed by atoms with Gasteiger partial charge < -0.3 is 10.1 Å². The first kappa shape index (κ1) is 18.3. The smallest absolute Gasteiger partial charge is 0.338 e. The molecule has 0 fully saturated rings. The van der Waals surface area contributed by atoms with E-state index in [1.165, 1.54) is 0 Å². The standard InChI is InChI=1S/C20H22N2O3S/c1-3-16-13-22(17-7-5-6-8-18(17)26-16)20(24)21-15-11-9-14(10-12-15)19(23)25-4-2/h5-12,16H,3-4,13H2,1-2H3,(H,21,24)/t16-/m1/s1. The molecule has 1 heterocycles. The van der Waals surface area contributed by atoms with Crippen LogP contribution in [0.3, 0.4) is 0 Å². The van der Waals surface area contributed by atoms with Crippen molar-refractivity contribution in [3.05, 3.63) is 54.1 Å². The molecule has 2 amide bonds. The number of anilines is 2. The molecule has 0 saturated heterocycles. The topological polar surface area (TPSA) is 58.6 Å². The zero-order valence-corrected chi connectivity index (χ0v) is 15.7. The predicted molar refractivity (Wildman–Crippen MR) is 105 cm³/mol. The van der Waals surface area contributed by atoms with Crippen LogP contribution in [-0.4, -0.2) is 30.4 Å². The highest BCUT2D eigenvalue weighted by Gasteiger charge is 2.28. The van der Waals surface area contributed by atoms with E-state index >= 15 is 0 Å². The Labute approximate surface area is 157 Å². The number of carbonyl (C=O) groups excluding carboxylic acids is 2. The average Bonchev–Trinajstić information content (AvgIpc) is 2.67. The summed E-state index contributed by atoms with van der Waals surface area (Å²) in [6.07, 6.45) is 0.997. The number of para-hydroxylation sites is 1. The second-order valence-corrected chi connectivity index (χ2v) is 7.30. The van der Waals surface area contributed by atoms with Crippen LogP contribution in [-0.2, 0) is 4.74 Å². The zero-order chi connectivity index (χ0) is 18.5. The van der Waals surface area contributed by atoms with Crippen molar-refractivity contribution in [2.75, 3.05) is 23.4 Å². The van der Waals surface area contributed by atoms with Gasteiger partial charge in [-0.2, -0.15) is 0 Å². The molecular formula is C20H22N2O3S. The molecule has 6 heteroatoms. The van der Waals surface area contributed by atoms with E-state index in [4.69, 9.17) is 4.74 Å². The molecule has 1 atom stereocenters. The summed E-state index contributed by atoms with van der Waals surface area (Å²) in [5.74, 6) is -0.363. The van der Waals surface area contributed by atoms with Crippen molar-refractivity contribution < 1.29 is 14.3 Å². The monoisotopic (exact) mass is 370 g/mol. The number of urea groups is 1. The Kier molecular flexibility index (Phi) is 5.83. The van der Waals surface area contributed by atoms with Crippen molar-refractivity contribution in [3.8, 4) is 0 Å². The lowest BCUT2D eigenvalue weighted by molar-refractivity contribution is 0.0526. The fraction of sp³-hybridized carbons (Fsp3) is 0.300. The second-order valence-electron chi connectivity index (χ2n) is 5.95. The normalized spacial score (nSPS) is 15.9. The number of carbonyl (C=O) groups is 2. The predicted octanol–water partition coefficient (Wildman–Crippen LogP) is 4.79. The Morgan fingerprint density at radius 1 is 1.15 bits per heavy atom. The summed E-state index contributed by atoms with van der Waals surface area (Å²) < 4.78 is 4.97. The Hall–Kier alpha value is -2.47. The van der Waals surface area contributed by atoms with E-state index in [1.807, 2.05) is 30.0 Å². The molecule has 1 aliphatic heterocycles. The van der Waals surface area contributed by atoms with Crippen LogP contribution in [0.1, 0.15) is 30.6 Å². The van der Waals surface area contributed by atoms with Gasteiger partial charge in [0.25, 0.3) is 0 Å². The lowest BCUT2D eigenvalue weighted by Gasteiger charge is -2.33. The third-order valence-corrected chi connectivity index (χ3v) is 5.60. The number of hydrogen-bond donors (Lipinski definition) is 1. The third kappa shape index (κ3) is 4.02. The Morgan fingerprint density at radius 3 is 2.58 bits per heavy atom. The molecule has 0 aromatic heterocycles. The molecule has 1 N–H and O–H groups in total. The van der Waals surface area contributed by atoms with Crippen LogP contribution >= 0.6 is 11.8 Å². The fourth-order valence-corrected chi connectivity index (χ4v) is 4.00. The van der Waals surface area contributed by atoms with Crippen molar-refractivity contribution in [3.63, 3.8) is 0 Å². The number of nitrogens with one attached hydrogen (secondary N) is 1. The van der Waals surface area contributed by atoms with Crippen LogP contribution in [0.15, 0.2) is 53.4 Å². The first-order valence-electron chi connectivity index (χ1n) is 8.73. The van der Waals surface area contributed by atoms with Crippen LogP contribution in [0.2, 0.25) is 0 Å². The van der Waals surface area contributed by atoms with E-state index in [0.29, 0.717) is 29.7 Å². The number of thioether (sulfide) groups is 1. The van der Waals surface area contributed by atoms with Gasteiger partial charge in [0, 0.05) is 22.4 Å². The summed E-state index contributed by atoms with van der Waals surface area (Å²) in [5.41, 5.74) is 2.05. The average molecular weight is 370 g/mol. The Balaban J connectivity index is 1.74. The van der Waals surface area contributed by atoms with Crippen LogP contribution in [0.25, 0.3) is 0 Å². The summed E-state index contributed by atoms with van der Waals surface area (Å²) in [6, 6.07) is 14.5. The van der Waals surface area contributed by atoms with Gasteiger partial charge in [-0.05, 0) is 49.7 Å². The van der Waals surface area contributed by atoms with E-state index in [9.17, 15) is 9.59 Å². The van der Waals surface area contributed by atoms with Gasteiger partial charge in [-0.1, -0.05) is 19.1 Å². The molecule has 2 aromatic carbocycles. The maximum Gasteiger partial charge on any atom is 0.338 e. The number of hydrogen-bond acceptors (Lipinski definition) is 4. The van der Waals surface area contributed by atoms with Crippen molar-refractivity contribution in [1.82, 2.24) is 0 Å². The number of ether oxygens (including phenoxy) is 1. The summed E-state index contributed by atoms with van der Waals surface area (Å²) in [5, 5.41) is 3.30. The molecular weight excluding hydrogens is 348 g/mol. The molecule has 0 radical (unpaired) electrons. The van der Waals surface area contributed by atoms with E-state index in [-0.39, 0.29) is 12.0 Å². The lowest BCUT2D eigenvalue weighted by Crippen LogP contribution is -2.41. The second kappa shape index (κ2) is 8.27. The van der Waals surface area contributed by atoms with E-state index < -0.39 is 0 Å². The lowest BCUT2D eigenvalue weighted by atomic mass is 10.2. The molecule has 0 spiro atoms. The van der Waals surface area contributed by atoms with Crippen LogP contribution in [0, 0.1) is 0 Å². The number of rotatable bonds is 4. The largest absolute Gasteiger partial charge is 0.462 e. The van der Waals surface area contributed by atoms with Crippen LogP contribution < -0.4 is 10.2 Å². The van der Waals surface area contributed by atoms with Gasteiger partial charge in [0.1, 0.15) is 0 Å². The molecule has 0 saturated carbocycles. The molecule has 0 unspecified atom stereocenters. The summed E-state index contributed by atoms with van der Waals surface area (Å²) in [6.45, 7) is 4.91. The number of amides is 2. The van der Waals surface area contributed by atoms with Crippen molar-refractivity contribution in [1.29, 1.82) is 0 Å². The first-order chi connectivity index (χ1) is 12.6.